The van der Waals surface area contributed by atoms with Crippen LogP contribution in [-0.2, 0) is 0 Å². The Bertz CT molecular complexity index is 712. The van der Waals surface area contributed by atoms with Gasteiger partial charge in [-0.15, -0.1) is 0 Å². The fourth-order valence-corrected chi connectivity index (χ4v) is 3.95. The molecule has 3 nitrogen and oxygen atoms in total. The lowest BCUT2D eigenvalue weighted by Gasteiger charge is -2.14. The fraction of sp³-hybridized carbons (Fsp3) is 0.300. The molecular formula is C20H21NO2S. The molecule has 0 unspecified atom stereocenters. The summed E-state index contributed by atoms with van der Waals surface area (Å²) in [5.74, 6) is 0.148. The smallest absolute Gasteiger partial charge is 0.219 e. The molecular weight excluding hydrogens is 318 g/mol. The second kappa shape index (κ2) is 7.77. The van der Waals surface area contributed by atoms with Gasteiger partial charge >= 0.3 is 0 Å². The number of carbonyl (C=O) groups excluding carboxylic acids is 2. The van der Waals surface area contributed by atoms with Gasteiger partial charge in [0.2, 0.25) is 5.12 Å². The van der Waals surface area contributed by atoms with E-state index < -0.39 is 0 Å². The van der Waals surface area contributed by atoms with Crippen molar-refractivity contribution in [3.05, 3.63) is 71.3 Å². The first kappa shape index (κ1) is 16.9. The van der Waals surface area contributed by atoms with Gasteiger partial charge in [-0.3, -0.25) is 14.5 Å². The SMILES string of the molecule is Cc1ccc(C(=O)CN2CC[C@H](SC(=O)c3ccccc3)C2)cc1. The van der Waals surface area contributed by atoms with Gasteiger partial charge in [0.05, 0.1) is 6.54 Å². The summed E-state index contributed by atoms with van der Waals surface area (Å²) >= 11 is 1.40. The molecule has 0 aliphatic carbocycles. The summed E-state index contributed by atoms with van der Waals surface area (Å²) in [6, 6.07) is 17.1. The minimum Gasteiger partial charge on any atom is -0.295 e. The number of hydrogen-bond donors (Lipinski definition) is 0. The summed E-state index contributed by atoms with van der Waals surface area (Å²) in [5, 5.41) is 0.385. The minimum atomic E-state index is 0.118. The Morgan fingerprint density at radius 2 is 1.75 bits per heavy atom. The summed E-state index contributed by atoms with van der Waals surface area (Å²) in [7, 11) is 0. The lowest BCUT2D eigenvalue weighted by molar-refractivity contribution is 0.0945. The van der Waals surface area contributed by atoms with Crippen molar-refractivity contribution in [2.45, 2.75) is 18.6 Å². The highest BCUT2D eigenvalue weighted by Gasteiger charge is 2.27. The van der Waals surface area contributed by atoms with E-state index in [1.807, 2.05) is 61.5 Å². The quantitative estimate of drug-likeness (QED) is 0.776. The maximum Gasteiger partial charge on any atom is 0.219 e. The molecule has 0 saturated carbocycles. The lowest BCUT2D eigenvalue weighted by Crippen LogP contribution is -2.28. The first-order chi connectivity index (χ1) is 11.6. The summed E-state index contributed by atoms with van der Waals surface area (Å²) in [6.07, 6.45) is 0.949. The first-order valence-corrected chi connectivity index (χ1v) is 9.08. The van der Waals surface area contributed by atoms with E-state index in [4.69, 9.17) is 0 Å². The molecule has 0 aromatic heterocycles. The summed E-state index contributed by atoms with van der Waals surface area (Å²) < 4.78 is 0. The molecule has 124 valence electrons. The molecule has 1 heterocycles. The second-order valence-corrected chi connectivity index (χ2v) is 7.48. The maximum atomic E-state index is 12.3. The zero-order valence-electron chi connectivity index (χ0n) is 13.8. The number of aryl methyl sites for hydroxylation is 1. The van der Waals surface area contributed by atoms with Crippen molar-refractivity contribution in [3.63, 3.8) is 0 Å². The number of nitrogens with zero attached hydrogens (tertiary/aromatic N) is 1. The number of ketones is 1. The normalized spacial score (nSPS) is 17.8. The number of carbonyl (C=O) groups is 2. The van der Waals surface area contributed by atoms with Crippen LogP contribution in [0.4, 0.5) is 0 Å². The second-order valence-electron chi connectivity index (χ2n) is 6.21. The van der Waals surface area contributed by atoms with Crippen LogP contribution in [0.3, 0.4) is 0 Å². The average Bonchev–Trinajstić information content (AvgIpc) is 3.03. The maximum absolute atomic E-state index is 12.3. The van der Waals surface area contributed by atoms with Crippen LogP contribution in [0.25, 0.3) is 0 Å². The third-order valence-electron chi connectivity index (χ3n) is 4.25. The summed E-state index contributed by atoms with van der Waals surface area (Å²) in [4.78, 5) is 26.8. The molecule has 1 fully saturated rings. The summed E-state index contributed by atoms with van der Waals surface area (Å²) in [6.45, 7) is 4.11. The highest BCUT2D eigenvalue weighted by Crippen LogP contribution is 2.26. The Hall–Kier alpha value is -1.91. The van der Waals surface area contributed by atoms with E-state index in [1.54, 1.807) is 0 Å². The largest absolute Gasteiger partial charge is 0.295 e. The van der Waals surface area contributed by atoms with Gasteiger partial charge < -0.3 is 0 Å². The van der Waals surface area contributed by atoms with Crippen LogP contribution in [0.2, 0.25) is 0 Å². The molecule has 1 saturated heterocycles. The molecule has 0 spiro atoms. The van der Waals surface area contributed by atoms with Gasteiger partial charge in [-0.2, -0.15) is 0 Å². The number of thioether (sulfide) groups is 1. The van der Waals surface area contributed by atoms with Gasteiger partial charge in [0.15, 0.2) is 5.78 Å². The monoisotopic (exact) mass is 339 g/mol. The van der Waals surface area contributed by atoms with Gasteiger partial charge in [0.1, 0.15) is 0 Å². The molecule has 2 aromatic carbocycles. The average molecular weight is 339 g/mol. The Morgan fingerprint density at radius 3 is 2.46 bits per heavy atom. The number of likely N-dealkylation sites (tertiary alicyclic amines) is 1. The third-order valence-corrected chi connectivity index (χ3v) is 5.42. The van der Waals surface area contributed by atoms with Gasteiger partial charge in [0.25, 0.3) is 0 Å². The molecule has 24 heavy (non-hydrogen) atoms. The predicted octanol–water partition coefficient (Wildman–Crippen LogP) is 3.83. The van der Waals surface area contributed by atoms with Crippen LogP contribution in [0, 0.1) is 6.92 Å². The predicted molar refractivity (Wildman–Crippen MR) is 98.7 cm³/mol. The van der Waals surface area contributed by atoms with Crippen molar-refractivity contribution >= 4 is 22.7 Å². The minimum absolute atomic E-state index is 0.118. The molecule has 1 aliphatic heterocycles. The van der Waals surface area contributed by atoms with Crippen LogP contribution in [0.1, 0.15) is 32.7 Å². The van der Waals surface area contributed by atoms with Crippen molar-refractivity contribution in [1.82, 2.24) is 4.90 Å². The van der Waals surface area contributed by atoms with E-state index in [0.29, 0.717) is 6.54 Å². The molecule has 4 heteroatoms. The van der Waals surface area contributed by atoms with Crippen molar-refractivity contribution < 1.29 is 9.59 Å². The van der Waals surface area contributed by atoms with E-state index in [9.17, 15) is 9.59 Å². The molecule has 0 N–H and O–H groups in total. The van der Waals surface area contributed by atoms with Crippen LogP contribution >= 0.6 is 11.8 Å². The highest BCUT2D eigenvalue weighted by atomic mass is 32.2. The van der Waals surface area contributed by atoms with Gasteiger partial charge in [0, 0.05) is 22.9 Å². The van der Waals surface area contributed by atoms with E-state index in [1.165, 1.54) is 11.8 Å². The third kappa shape index (κ3) is 4.34. The zero-order chi connectivity index (χ0) is 16.9. The summed E-state index contributed by atoms with van der Waals surface area (Å²) in [5.41, 5.74) is 2.66. The Labute approximate surface area is 147 Å². The molecule has 0 amide bonds. The standard InChI is InChI=1S/C20H21NO2S/c1-15-7-9-16(10-8-15)19(22)14-21-12-11-18(13-21)24-20(23)17-5-3-2-4-6-17/h2-10,18H,11-14H2,1H3/t18-/m0/s1. The molecule has 2 aromatic rings. The fourth-order valence-electron chi connectivity index (χ4n) is 2.86. The van der Waals surface area contributed by atoms with Crippen molar-refractivity contribution in [3.8, 4) is 0 Å². The number of benzene rings is 2. The Balaban J connectivity index is 1.51. The van der Waals surface area contributed by atoms with Crippen LogP contribution in [0.5, 0.6) is 0 Å². The number of rotatable bonds is 5. The van der Waals surface area contributed by atoms with E-state index in [-0.39, 0.29) is 16.1 Å². The highest BCUT2D eigenvalue weighted by molar-refractivity contribution is 8.14. The van der Waals surface area contributed by atoms with Gasteiger partial charge in [-0.1, -0.05) is 71.9 Å². The molecule has 0 radical (unpaired) electrons. The molecule has 1 atom stereocenters. The van der Waals surface area contributed by atoms with Crippen LogP contribution in [0.15, 0.2) is 54.6 Å². The van der Waals surface area contributed by atoms with E-state index in [0.717, 1.165) is 36.2 Å². The number of hydrogen-bond acceptors (Lipinski definition) is 4. The van der Waals surface area contributed by atoms with E-state index in [2.05, 4.69) is 4.90 Å². The van der Waals surface area contributed by atoms with Crippen LogP contribution < -0.4 is 0 Å². The van der Waals surface area contributed by atoms with Gasteiger partial charge in [-0.25, -0.2) is 0 Å². The topological polar surface area (TPSA) is 37.4 Å². The molecule has 3 rings (SSSR count). The van der Waals surface area contributed by atoms with Crippen molar-refractivity contribution in [2.24, 2.45) is 0 Å². The lowest BCUT2D eigenvalue weighted by atomic mass is 10.1. The first-order valence-electron chi connectivity index (χ1n) is 8.20. The van der Waals surface area contributed by atoms with E-state index >= 15 is 0 Å². The van der Waals surface area contributed by atoms with Crippen LogP contribution in [-0.4, -0.2) is 40.7 Å². The Kier molecular flexibility index (Phi) is 5.48. The van der Waals surface area contributed by atoms with Crippen molar-refractivity contribution in [1.29, 1.82) is 0 Å². The zero-order valence-corrected chi connectivity index (χ0v) is 14.6. The number of Topliss-reactive ketones (excluding diaryl/α,β-unsaturated/α-hetero) is 1. The van der Waals surface area contributed by atoms with Crippen molar-refractivity contribution in [2.75, 3.05) is 19.6 Å². The van der Waals surface area contributed by atoms with Gasteiger partial charge in [-0.05, 0) is 19.9 Å². The molecule has 1 aliphatic rings. The molecule has 0 bridgehead atoms. The Morgan fingerprint density at radius 1 is 1.04 bits per heavy atom.